The minimum atomic E-state index is -0.945. The number of Topliss-reactive ketones (excluding diaryl/α,β-unsaturated/α-hetero) is 1. The number of aliphatic hydroxyl groups is 1. The highest BCUT2D eigenvalue weighted by atomic mass is 16.5. The number of carbonyl (C=O) groups is 1. The molecule has 1 aliphatic heterocycles. The minimum Gasteiger partial charge on any atom is -0.487 e. The highest BCUT2D eigenvalue weighted by Crippen LogP contribution is 2.45. The summed E-state index contributed by atoms with van der Waals surface area (Å²) in [7, 11) is 1.55. The van der Waals surface area contributed by atoms with Gasteiger partial charge in [-0.15, -0.1) is 0 Å². The molecule has 2 aliphatic rings. The van der Waals surface area contributed by atoms with Crippen molar-refractivity contribution in [1.82, 2.24) is 0 Å². The summed E-state index contributed by atoms with van der Waals surface area (Å²) in [6.45, 7) is 5.64. The molecule has 2 atom stereocenters. The molecule has 0 aromatic heterocycles. The first-order chi connectivity index (χ1) is 13.3. The largest absolute Gasteiger partial charge is 0.487 e. The van der Waals surface area contributed by atoms with E-state index in [4.69, 9.17) is 15.2 Å². The lowest BCUT2D eigenvalue weighted by molar-refractivity contribution is -0.149. The van der Waals surface area contributed by atoms with E-state index < -0.39 is 5.60 Å². The Morgan fingerprint density at radius 2 is 2.18 bits per heavy atom. The lowest BCUT2D eigenvalue weighted by atomic mass is 9.64. The van der Waals surface area contributed by atoms with E-state index >= 15 is 0 Å². The van der Waals surface area contributed by atoms with Gasteiger partial charge in [0.2, 0.25) is 0 Å². The van der Waals surface area contributed by atoms with Crippen LogP contribution in [0.25, 0.3) is 0 Å². The summed E-state index contributed by atoms with van der Waals surface area (Å²) in [5.41, 5.74) is 7.29. The molecule has 1 heterocycles. The molecule has 1 aliphatic carbocycles. The lowest BCUT2D eigenvalue weighted by Crippen LogP contribution is -2.51. The predicted molar refractivity (Wildman–Crippen MR) is 109 cm³/mol. The van der Waals surface area contributed by atoms with Crippen molar-refractivity contribution >= 4 is 11.6 Å². The van der Waals surface area contributed by atoms with Crippen LogP contribution in [-0.4, -0.2) is 48.2 Å². The first-order valence-electron chi connectivity index (χ1n) is 10.1. The lowest BCUT2D eigenvalue weighted by Gasteiger charge is -2.44. The number of hydrogen-bond acceptors (Lipinski definition) is 5. The number of amidine groups is 1. The highest BCUT2D eigenvalue weighted by Gasteiger charge is 2.43. The van der Waals surface area contributed by atoms with Gasteiger partial charge < -0.3 is 20.3 Å². The Balaban J connectivity index is 1.72. The van der Waals surface area contributed by atoms with Crippen molar-refractivity contribution in [3.63, 3.8) is 0 Å². The zero-order valence-corrected chi connectivity index (χ0v) is 17.3. The van der Waals surface area contributed by atoms with E-state index in [1.807, 2.05) is 18.2 Å². The van der Waals surface area contributed by atoms with Crippen LogP contribution in [-0.2, 0) is 16.0 Å². The molecule has 0 unspecified atom stereocenters. The van der Waals surface area contributed by atoms with Gasteiger partial charge >= 0.3 is 0 Å². The van der Waals surface area contributed by atoms with Crippen molar-refractivity contribution in [3.8, 4) is 5.75 Å². The smallest absolute Gasteiger partial charge is 0.165 e. The van der Waals surface area contributed by atoms with Crippen LogP contribution >= 0.6 is 0 Å². The fraction of sp³-hybridized carbons (Fsp3) is 0.636. The Hall–Kier alpha value is -1.92. The van der Waals surface area contributed by atoms with Crippen molar-refractivity contribution in [2.24, 2.45) is 16.1 Å². The molecular formula is C22H32N2O4. The van der Waals surface area contributed by atoms with Gasteiger partial charge in [0.1, 0.15) is 17.7 Å². The van der Waals surface area contributed by atoms with Crippen LogP contribution in [0.2, 0.25) is 0 Å². The number of methoxy groups -OCH3 is 1. The fourth-order valence-corrected chi connectivity index (χ4v) is 4.27. The van der Waals surface area contributed by atoms with E-state index in [0.29, 0.717) is 12.3 Å². The van der Waals surface area contributed by atoms with Gasteiger partial charge in [0.25, 0.3) is 0 Å². The van der Waals surface area contributed by atoms with Crippen LogP contribution in [0, 0.1) is 5.41 Å². The first kappa shape index (κ1) is 20.8. The molecule has 1 aromatic carbocycles. The molecule has 154 valence electrons. The Kier molecular flexibility index (Phi) is 5.82. The van der Waals surface area contributed by atoms with Crippen molar-refractivity contribution in [3.05, 3.63) is 29.3 Å². The third-order valence-electron chi connectivity index (χ3n) is 6.78. The zero-order chi connectivity index (χ0) is 20.5. The Bertz CT molecular complexity index is 764. The van der Waals surface area contributed by atoms with Gasteiger partial charge in [-0.1, -0.05) is 6.92 Å². The molecule has 28 heavy (non-hydrogen) atoms. The number of aliphatic hydroxyl groups excluding tert-OH is 1. The molecule has 0 spiro atoms. The number of benzene rings is 1. The maximum absolute atomic E-state index is 12.0. The third-order valence-corrected chi connectivity index (χ3v) is 6.78. The van der Waals surface area contributed by atoms with Gasteiger partial charge in [-0.3, -0.25) is 9.79 Å². The van der Waals surface area contributed by atoms with Crippen LogP contribution in [0.15, 0.2) is 23.2 Å². The number of fused-ring (bicyclic) bond motifs is 1. The number of hydrogen-bond donors (Lipinski definition) is 2. The van der Waals surface area contributed by atoms with Crippen molar-refractivity contribution < 1.29 is 19.4 Å². The number of carbonyl (C=O) groups excluding carboxylic acids is 1. The number of nitrogens with two attached hydrogens (primary N) is 1. The second-order valence-electron chi connectivity index (χ2n) is 8.42. The van der Waals surface area contributed by atoms with Crippen molar-refractivity contribution in [2.75, 3.05) is 13.7 Å². The maximum atomic E-state index is 12.0. The van der Waals surface area contributed by atoms with Crippen LogP contribution in [0.3, 0.4) is 0 Å². The normalized spacial score (nSPS) is 29.2. The number of ether oxygens (including phenoxy) is 2. The average Bonchev–Trinajstić information content (AvgIpc) is 2.68. The molecule has 0 radical (unpaired) electrons. The molecule has 0 amide bonds. The molecular weight excluding hydrogens is 356 g/mol. The van der Waals surface area contributed by atoms with Gasteiger partial charge in [-0.2, -0.15) is 0 Å². The van der Waals surface area contributed by atoms with E-state index in [-0.39, 0.29) is 30.0 Å². The Morgan fingerprint density at radius 1 is 1.46 bits per heavy atom. The number of ketones is 1. The average molecular weight is 389 g/mol. The summed E-state index contributed by atoms with van der Waals surface area (Å²) < 4.78 is 11.6. The molecule has 3 N–H and O–H groups in total. The summed E-state index contributed by atoms with van der Waals surface area (Å²) in [4.78, 5) is 16.7. The van der Waals surface area contributed by atoms with Gasteiger partial charge in [0.15, 0.2) is 11.4 Å². The molecule has 1 saturated carbocycles. The third kappa shape index (κ3) is 3.67. The van der Waals surface area contributed by atoms with Crippen molar-refractivity contribution in [1.29, 1.82) is 0 Å². The maximum Gasteiger partial charge on any atom is 0.165 e. The quantitative estimate of drug-likeness (QED) is 0.553. The second kappa shape index (κ2) is 7.84. The van der Waals surface area contributed by atoms with E-state index in [0.717, 1.165) is 42.6 Å². The molecule has 0 bridgehead atoms. The number of nitrogens with zero attached hydrogens (tertiary/aromatic N) is 1. The highest BCUT2D eigenvalue weighted by molar-refractivity contribution is 5.98. The van der Waals surface area contributed by atoms with Crippen molar-refractivity contribution in [2.45, 2.75) is 70.6 Å². The topological polar surface area (TPSA) is 94.1 Å². The van der Waals surface area contributed by atoms with E-state index in [1.165, 1.54) is 6.92 Å². The van der Waals surface area contributed by atoms with Crippen LogP contribution < -0.4 is 10.5 Å². The molecule has 3 rings (SSSR count). The second-order valence-corrected chi connectivity index (χ2v) is 8.42. The first-order valence-corrected chi connectivity index (χ1v) is 10.1. The SMILES string of the molecule is CCC1(CO)CC(N=C(N)c2ccc3c(c2)CC[C@H]([C@](C)(OC)C(C)=O)O3)C1. The summed E-state index contributed by atoms with van der Waals surface area (Å²) in [6, 6.07) is 6.03. The summed E-state index contributed by atoms with van der Waals surface area (Å²) in [5, 5.41) is 9.54. The van der Waals surface area contributed by atoms with Gasteiger partial charge in [0, 0.05) is 19.3 Å². The van der Waals surface area contributed by atoms with Gasteiger partial charge in [-0.25, -0.2) is 0 Å². The summed E-state index contributed by atoms with van der Waals surface area (Å²) in [6.07, 6.45) is 3.92. The Morgan fingerprint density at radius 3 is 2.75 bits per heavy atom. The van der Waals surface area contributed by atoms with Gasteiger partial charge in [0.05, 0.1) is 6.04 Å². The zero-order valence-electron chi connectivity index (χ0n) is 17.3. The monoisotopic (exact) mass is 388 g/mol. The van der Waals surface area contributed by atoms with Gasteiger partial charge in [-0.05, 0) is 75.1 Å². The van der Waals surface area contributed by atoms with E-state index in [9.17, 15) is 9.90 Å². The number of aliphatic imine (C=N–C) groups is 1. The number of rotatable bonds is 7. The molecule has 6 heteroatoms. The van der Waals surface area contributed by atoms with E-state index in [1.54, 1.807) is 14.0 Å². The number of aryl methyl sites for hydroxylation is 1. The minimum absolute atomic E-state index is 0.0257. The predicted octanol–water partition coefficient (Wildman–Crippen LogP) is 2.63. The van der Waals surface area contributed by atoms with Crippen LogP contribution in [0.1, 0.15) is 57.6 Å². The molecule has 0 saturated heterocycles. The molecule has 1 fully saturated rings. The molecule has 6 nitrogen and oxygen atoms in total. The van der Waals surface area contributed by atoms with Crippen LogP contribution in [0.5, 0.6) is 5.75 Å². The van der Waals surface area contributed by atoms with Crippen LogP contribution in [0.4, 0.5) is 0 Å². The summed E-state index contributed by atoms with van der Waals surface area (Å²) in [5.74, 6) is 1.26. The van der Waals surface area contributed by atoms with E-state index in [2.05, 4.69) is 11.9 Å². The molecule has 1 aromatic rings. The Labute approximate surface area is 167 Å². The standard InChI is InChI=1S/C22H32N2O4/c1-5-22(13-25)11-17(12-22)24-20(23)16-6-8-18-15(10-16)7-9-19(28-18)21(3,27-4)14(2)26/h6,8,10,17,19,25H,5,7,9,11-13H2,1-4H3,(H2,23,24)/t17?,19-,21-,22?/m1/s1. The summed E-state index contributed by atoms with van der Waals surface area (Å²) >= 11 is 0. The fourth-order valence-electron chi connectivity index (χ4n) is 4.27.